The average molecular weight is 218 g/mol. The molecule has 1 aliphatic carbocycles. The summed E-state index contributed by atoms with van der Waals surface area (Å²) >= 11 is 0. The monoisotopic (exact) mass is 218 g/mol. The number of rotatable bonds is 3. The van der Waals surface area contributed by atoms with Crippen molar-refractivity contribution in [2.24, 2.45) is 0 Å². The van der Waals surface area contributed by atoms with E-state index in [-0.39, 0.29) is 5.76 Å². The van der Waals surface area contributed by atoms with Gasteiger partial charge in [-0.3, -0.25) is 0 Å². The number of aromatic nitrogens is 2. The van der Waals surface area contributed by atoms with E-state index in [1.807, 2.05) is 6.07 Å². The smallest absolute Gasteiger partial charge is 0.371 e. The summed E-state index contributed by atoms with van der Waals surface area (Å²) in [4.78, 5) is 10.6. The van der Waals surface area contributed by atoms with Gasteiger partial charge >= 0.3 is 5.97 Å². The summed E-state index contributed by atoms with van der Waals surface area (Å²) in [7, 11) is 0. The standard InChI is InChI=1S/C11H10N2O3/c14-11(15)9-3-4-10(16-9)13-6-5-8(12-13)7-1-2-7/h3-7H,1-2H2,(H,14,15). The fourth-order valence-electron chi connectivity index (χ4n) is 1.62. The highest BCUT2D eigenvalue weighted by atomic mass is 16.4. The summed E-state index contributed by atoms with van der Waals surface area (Å²) in [5.41, 5.74) is 1.05. The first kappa shape index (κ1) is 9.21. The first-order valence-corrected chi connectivity index (χ1v) is 5.13. The van der Waals surface area contributed by atoms with Crippen LogP contribution in [0.2, 0.25) is 0 Å². The molecule has 1 fully saturated rings. The van der Waals surface area contributed by atoms with E-state index in [2.05, 4.69) is 5.10 Å². The van der Waals surface area contributed by atoms with Gasteiger partial charge in [0.2, 0.25) is 11.6 Å². The second-order valence-electron chi connectivity index (χ2n) is 3.90. The normalized spacial score (nSPS) is 15.2. The quantitative estimate of drug-likeness (QED) is 0.855. The van der Waals surface area contributed by atoms with Crippen LogP contribution in [0.25, 0.3) is 5.88 Å². The molecule has 3 rings (SSSR count). The molecule has 82 valence electrons. The predicted octanol–water partition coefficient (Wildman–Crippen LogP) is 2.04. The topological polar surface area (TPSA) is 68.3 Å². The average Bonchev–Trinajstić information content (AvgIpc) is 2.83. The maximum atomic E-state index is 10.6. The van der Waals surface area contributed by atoms with Crippen molar-refractivity contribution in [1.82, 2.24) is 9.78 Å². The predicted molar refractivity (Wildman–Crippen MR) is 54.8 cm³/mol. The van der Waals surface area contributed by atoms with E-state index in [4.69, 9.17) is 9.52 Å². The van der Waals surface area contributed by atoms with Gasteiger partial charge < -0.3 is 9.52 Å². The van der Waals surface area contributed by atoms with Crippen LogP contribution < -0.4 is 0 Å². The van der Waals surface area contributed by atoms with E-state index < -0.39 is 5.97 Å². The summed E-state index contributed by atoms with van der Waals surface area (Å²) in [6, 6.07) is 4.98. The van der Waals surface area contributed by atoms with Crippen molar-refractivity contribution in [3.63, 3.8) is 0 Å². The molecular formula is C11H10N2O3. The second-order valence-corrected chi connectivity index (χ2v) is 3.90. The highest BCUT2D eigenvalue weighted by Gasteiger charge is 2.26. The highest BCUT2D eigenvalue weighted by Crippen LogP contribution is 2.39. The van der Waals surface area contributed by atoms with Crippen LogP contribution in [0, 0.1) is 0 Å². The minimum absolute atomic E-state index is 0.0709. The molecule has 0 radical (unpaired) electrons. The van der Waals surface area contributed by atoms with E-state index in [9.17, 15) is 4.79 Å². The van der Waals surface area contributed by atoms with Gasteiger partial charge in [0.15, 0.2) is 0 Å². The Balaban J connectivity index is 1.91. The van der Waals surface area contributed by atoms with Gasteiger partial charge in [-0.1, -0.05) is 0 Å². The summed E-state index contributed by atoms with van der Waals surface area (Å²) in [5.74, 6) is -0.126. The number of aromatic carboxylic acids is 1. The summed E-state index contributed by atoms with van der Waals surface area (Å²) in [5, 5.41) is 13.1. The number of furan rings is 1. The van der Waals surface area contributed by atoms with E-state index >= 15 is 0 Å². The third kappa shape index (κ3) is 1.50. The van der Waals surface area contributed by atoms with Gasteiger partial charge in [0, 0.05) is 18.2 Å². The minimum atomic E-state index is -1.07. The lowest BCUT2D eigenvalue weighted by atomic mass is 10.3. The molecule has 5 nitrogen and oxygen atoms in total. The molecular weight excluding hydrogens is 208 g/mol. The number of carboxylic acids is 1. The number of carbonyl (C=O) groups is 1. The van der Waals surface area contributed by atoms with Gasteiger partial charge in [0.05, 0.1) is 5.69 Å². The molecule has 0 amide bonds. The van der Waals surface area contributed by atoms with Crippen molar-refractivity contribution >= 4 is 5.97 Å². The summed E-state index contributed by atoms with van der Waals surface area (Å²) in [6.07, 6.45) is 4.17. The molecule has 0 aromatic carbocycles. The maximum Gasteiger partial charge on any atom is 0.371 e. The fourth-order valence-corrected chi connectivity index (χ4v) is 1.62. The molecule has 0 saturated heterocycles. The zero-order valence-electron chi connectivity index (χ0n) is 8.46. The Kier molecular flexibility index (Phi) is 1.86. The largest absolute Gasteiger partial charge is 0.475 e. The Labute approximate surface area is 91.3 Å². The number of hydrogen-bond acceptors (Lipinski definition) is 3. The van der Waals surface area contributed by atoms with Gasteiger partial charge in [0.1, 0.15) is 0 Å². The Morgan fingerprint density at radius 2 is 2.25 bits per heavy atom. The Hall–Kier alpha value is -2.04. The lowest BCUT2D eigenvalue weighted by Gasteiger charge is -1.94. The molecule has 2 aromatic rings. The van der Waals surface area contributed by atoms with Crippen LogP contribution in [0.15, 0.2) is 28.8 Å². The molecule has 5 heteroatoms. The second kappa shape index (κ2) is 3.23. The van der Waals surface area contributed by atoms with E-state index in [0.717, 1.165) is 5.69 Å². The summed E-state index contributed by atoms with van der Waals surface area (Å²) in [6.45, 7) is 0. The SMILES string of the molecule is O=C(O)c1ccc(-n2ccc(C3CC3)n2)o1. The van der Waals surface area contributed by atoms with Crippen molar-refractivity contribution in [2.45, 2.75) is 18.8 Å². The van der Waals surface area contributed by atoms with E-state index in [0.29, 0.717) is 11.8 Å². The highest BCUT2D eigenvalue weighted by molar-refractivity contribution is 5.84. The number of carboxylic acid groups (broad SMARTS) is 1. The van der Waals surface area contributed by atoms with Crippen LogP contribution in [-0.2, 0) is 0 Å². The summed E-state index contributed by atoms with van der Waals surface area (Å²) < 4.78 is 6.72. The van der Waals surface area contributed by atoms with E-state index in [1.165, 1.54) is 18.9 Å². The number of hydrogen-bond donors (Lipinski definition) is 1. The fraction of sp³-hybridized carbons (Fsp3) is 0.273. The maximum absolute atomic E-state index is 10.6. The first-order chi connectivity index (χ1) is 7.74. The zero-order valence-corrected chi connectivity index (χ0v) is 8.46. The van der Waals surface area contributed by atoms with Gasteiger partial charge in [-0.15, -0.1) is 0 Å². The van der Waals surface area contributed by atoms with Gasteiger partial charge in [-0.25, -0.2) is 9.48 Å². The third-order valence-electron chi connectivity index (χ3n) is 2.63. The lowest BCUT2D eigenvalue weighted by molar-refractivity contribution is 0.0662. The van der Waals surface area contributed by atoms with Crippen molar-refractivity contribution in [2.75, 3.05) is 0 Å². The number of nitrogens with zero attached hydrogens (tertiary/aromatic N) is 2. The van der Waals surface area contributed by atoms with Crippen molar-refractivity contribution in [1.29, 1.82) is 0 Å². The first-order valence-electron chi connectivity index (χ1n) is 5.13. The van der Waals surface area contributed by atoms with Crippen molar-refractivity contribution in [3.8, 4) is 5.88 Å². The van der Waals surface area contributed by atoms with Crippen LogP contribution in [0.3, 0.4) is 0 Å². The van der Waals surface area contributed by atoms with E-state index in [1.54, 1.807) is 16.9 Å². The van der Waals surface area contributed by atoms with Crippen LogP contribution in [-0.4, -0.2) is 20.9 Å². The van der Waals surface area contributed by atoms with Crippen molar-refractivity contribution < 1.29 is 14.3 Å². The molecule has 0 bridgehead atoms. The molecule has 1 saturated carbocycles. The lowest BCUT2D eigenvalue weighted by Crippen LogP contribution is -1.95. The Morgan fingerprint density at radius 1 is 1.44 bits per heavy atom. The minimum Gasteiger partial charge on any atom is -0.475 e. The molecule has 2 heterocycles. The Morgan fingerprint density at radius 3 is 2.88 bits per heavy atom. The van der Waals surface area contributed by atoms with Crippen molar-refractivity contribution in [3.05, 3.63) is 35.9 Å². The molecule has 0 atom stereocenters. The van der Waals surface area contributed by atoms with Gasteiger partial charge in [0.25, 0.3) is 0 Å². The molecule has 16 heavy (non-hydrogen) atoms. The van der Waals surface area contributed by atoms with Crippen LogP contribution in [0.1, 0.15) is 35.0 Å². The molecule has 2 aromatic heterocycles. The van der Waals surface area contributed by atoms with Crippen LogP contribution >= 0.6 is 0 Å². The van der Waals surface area contributed by atoms with Gasteiger partial charge in [-0.2, -0.15) is 5.10 Å². The third-order valence-corrected chi connectivity index (χ3v) is 2.63. The van der Waals surface area contributed by atoms with Gasteiger partial charge in [-0.05, 0) is 25.0 Å². The zero-order chi connectivity index (χ0) is 11.1. The van der Waals surface area contributed by atoms with Crippen LogP contribution in [0.5, 0.6) is 0 Å². The van der Waals surface area contributed by atoms with Crippen LogP contribution in [0.4, 0.5) is 0 Å². The molecule has 1 N–H and O–H groups in total. The Bertz CT molecular complexity index is 537. The molecule has 0 aliphatic heterocycles. The molecule has 1 aliphatic rings. The molecule has 0 unspecified atom stereocenters. The molecule has 0 spiro atoms.